The number of unbranched alkanes of at least 4 members (excludes halogenated alkanes) is 2. The van der Waals surface area contributed by atoms with E-state index in [2.05, 4.69) is 44.7 Å². The zero-order valence-corrected chi connectivity index (χ0v) is 14.5. The Balaban J connectivity index is 2.48. The molecule has 23 heavy (non-hydrogen) atoms. The van der Waals surface area contributed by atoms with E-state index in [1.807, 2.05) is 6.92 Å². The number of anilines is 3. The first-order valence-corrected chi connectivity index (χ1v) is 8.43. The number of nitrogens with one attached hydrogen (secondary N) is 3. The van der Waals surface area contributed by atoms with Crippen molar-refractivity contribution in [2.75, 3.05) is 49.2 Å². The van der Waals surface area contributed by atoms with Gasteiger partial charge in [0.1, 0.15) is 13.5 Å². The lowest BCUT2D eigenvalue weighted by atomic mass is 10.4. The minimum atomic E-state index is 0.377. The lowest BCUT2D eigenvalue weighted by molar-refractivity contribution is 0.148. The largest absolute Gasteiger partial charge is 0.361 e. The van der Waals surface area contributed by atoms with Gasteiger partial charge in [-0.05, 0) is 19.8 Å². The zero-order chi connectivity index (χ0) is 16.8. The van der Waals surface area contributed by atoms with Crippen molar-refractivity contribution in [2.24, 2.45) is 0 Å². The minimum absolute atomic E-state index is 0.377. The highest BCUT2D eigenvalue weighted by Gasteiger charge is 2.05. The summed E-state index contributed by atoms with van der Waals surface area (Å²) < 4.78 is 10.9. The number of ether oxygens (including phenoxy) is 2. The molecule has 0 spiro atoms. The van der Waals surface area contributed by atoms with E-state index < -0.39 is 0 Å². The molecule has 132 valence electrons. The molecule has 0 radical (unpaired) electrons. The molecule has 8 heteroatoms. The highest BCUT2D eigenvalue weighted by atomic mass is 16.5. The van der Waals surface area contributed by atoms with Crippen LogP contribution >= 0.6 is 0 Å². The molecule has 1 aromatic rings. The van der Waals surface area contributed by atoms with E-state index in [1.165, 1.54) is 0 Å². The molecule has 0 aliphatic rings. The number of hydrogen-bond acceptors (Lipinski definition) is 8. The number of aromatic nitrogens is 3. The molecule has 1 rings (SSSR count). The highest BCUT2D eigenvalue weighted by molar-refractivity contribution is 5.41. The third-order valence-electron chi connectivity index (χ3n) is 2.92. The van der Waals surface area contributed by atoms with Crippen LogP contribution in [-0.4, -0.2) is 48.2 Å². The van der Waals surface area contributed by atoms with Crippen LogP contribution in [0.25, 0.3) is 0 Å². The van der Waals surface area contributed by atoms with Crippen molar-refractivity contribution in [1.29, 1.82) is 0 Å². The summed E-state index contributed by atoms with van der Waals surface area (Å²) >= 11 is 0. The normalized spacial score (nSPS) is 10.6. The van der Waals surface area contributed by atoms with Crippen molar-refractivity contribution in [2.45, 2.75) is 46.5 Å². The van der Waals surface area contributed by atoms with Crippen LogP contribution in [0.15, 0.2) is 0 Å². The van der Waals surface area contributed by atoms with Gasteiger partial charge in [0.2, 0.25) is 17.8 Å². The van der Waals surface area contributed by atoms with Crippen molar-refractivity contribution in [3.63, 3.8) is 0 Å². The number of nitrogens with zero attached hydrogens (tertiary/aromatic N) is 3. The van der Waals surface area contributed by atoms with Gasteiger partial charge in [0.05, 0.1) is 0 Å². The van der Waals surface area contributed by atoms with Gasteiger partial charge >= 0.3 is 0 Å². The highest BCUT2D eigenvalue weighted by Crippen LogP contribution is 2.09. The topological polar surface area (TPSA) is 93.2 Å². The van der Waals surface area contributed by atoms with Gasteiger partial charge < -0.3 is 25.4 Å². The fraction of sp³-hybridized carbons (Fsp3) is 0.800. The molecule has 1 heterocycles. The van der Waals surface area contributed by atoms with Gasteiger partial charge in [-0.25, -0.2) is 0 Å². The van der Waals surface area contributed by atoms with Crippen LogP contribution in [-0.2, 0) is 9.47 Å². The summed E-state index contributed by atoms with van der Waals surface area (Å²) in [5.41, 5.74) is 0. The lowest BCUT2D eigenvalue weighted by Crippen LogP contribution is -2.15. The van der Waals surface area contributed by atoms with Crippen LogP contribution in [0.4, 0.5) is 17.8 Å². The molecule has 0 amide bonds. The molecule has 0 saturated carbocycles. The summed E-state index contributed by atoms with van der Waals surface area (Å²) in [5.74, 6) is 1.47. The quantitative estimate of drug-likeness (QED) is 0.355. The Morgan fingerprint density at radius 3 is 1.52 bits per heavy atom. The minimum Gasteiger partial charge on any atom is -0.361 e. The molecule has 0 aliphatic carbocycles. The van der Waals surface area contributed by atoms with Crippen LogP contribution in [0, 0.1) is 0 Å². The van der Waals surface area contributed by atoms with Crippen molar-refractivity contribution in [3.05, 3.63) is 0 Å². The molecule has 0 aromatic carbocycles. The van der Waals surface area contributed by atoms with Gasteiger partial charge in [0.15, 0.2) is 0 Å². The first-order chi connectivity index (χ1) is 11.3. The average molecular weight is 326 g/mol. The maximum Gasteiger partial charge on any atom is 0.231 e. The van der Waals surface area contributed by atoms with Crippen LogP contribution in [0.5, 0.6) is 0 Å². The van der Waals surface area contributed by atoms with E-state index in [9.17, 15) is 0 Å². The van der Waals surface area contributed by atoms with Crippen molar-refractivity contribution in [1.82, 2.24) is 15.0 Å². The van der Waals surface area contributed by atoms with Crippen molar-refractivity contribution >= 4 is 17.8 Å². The fourth-order valence-corrected chi connectivity index (χ4v) is 1.64. The zero-order valence-electron chi connectivity index (χ0n) is 14.5. The van der Waals surface area contributed by atoms with Gasteiger partial charge in [-0.15, -0.1) is 0 Å². The lowest BCUT2D eigenvalue weighted by Gasteiger charge is -2.11. The third-order valence-corrected chi connectivity index (χ3v) is 2.92. The summed E-state index contributed by atoms with van der Waals surface area (Å²) in [5, 5.41) is 9.18. The molecule has 1 aromatic heterocycles. The molecule has 0 saturated heterocycles. The van der Waals surface area contributed by atoms with Crippen molar-refractivity contribution in [3.8, 4) is 0 Å². The van der Waals surface area contributed by atoms with Gasteiger partial charge in [-0.1, -0.05) is 26.7 Å². The Morgan fingerprint density at radius 1 is 0.696 bits per heavy atom. The number of rotatable bonds is 14. The summed E-state index contributed by atoms with van der Waals surface area (Å²) in [4.78, 5) is 12.9. The van der Waals surface area contributed by atoms with Gasteiger partial charge in [-0.2, -0.15) is 15.0 Å². The van der Waals surface area contributed by atoms with Crippen LogP contribution in [0.2, 0.25) is 0 Å². The Morgan fingerprint density at radius 2 is 1.13 bits per heavy atom. The predicted octanol–water partition coefficient (Wildman–Crippen LogP) is 2.68. The monoisotopic (exact) mass is 326 g/mol. The molecular formula is C15H30N6O2. The molecule has 0 unspecified atom stereocenters. The Labute approximate surface area is 138 Å². The molecule has 0 fully saturated rings. The first kappa shape index (κ1) is 19.4. The Kier molecular flexibility index (Phi) is 10.8. The predicted molar refractivity (Wildman–Crippen MR) is 92.7 cm³/mol. The van der Waals surface area contributed by atoms with E-state index in [-0.39, 0.29) is 0 Å². The summed E-state index contributed by atoms with van der Waals surface area (Å²) in [7, 11) is 0. The molecular weight excluding hydrogens is 296 g/mol. The second kappa shape index (κ2) is 12.8. The Hall–Kier alpha value is -1.67. The summed E-state index contributed by atoms with van der Waals surface area (Å²) in [6.07, 6.45) is 4.32. The molecule has 3 N–H and O–H groups in total. The van der Waals surface area contributed by atoms with Crippen molar-refractivity contribution < 1.29 is 9.47 Å². The standard InChI is InChI=1S/C15H30N6O2/c1-4-7-9-22-11-17-14-19-13(16-6-3)20-15(21-14)18-12-23-10-8-5-2/h4-12H2,1-3H3,(H3,16,17,18,19,20,21). The van der Waals surface area contributed by atoms with Gasteiger partial charge in [0, 0.05) is 19.8 Å². The SMILES string of the molecule is CCCCOCNc1nc(NCC)nc(NCOCCCC)n1. The molecule has 0 atom stereocenters. The Bertz CT molecular complexity index is 387. The van der Waals surface area contributed by atoms with E-state index in [1.54, 1.807) is 0 Å². The van der Waals surface area contributed by atoms with E-state index in [0.717, 1.165) is 45.4 Å². The second-order valence-electron chi connectivity index (χ2n) is 5.00. The van der Waals surface area contributed by atoms with Crippen LogP contribution < -0.4 is 16.0 Å². The first-order valence-electron chi connectivity index (χ1n) is 8.43. The van der Waals surface area contributed by atoms with Crippen LogP contribution in [0.3, 0.4) is 0 Å². The summed E-state index contributed by atoms with van der Waals surface area (Å²) in [6, 6.07) is 0. The maximum atomic E-state index is 5.47. The van der Waals surface area contributed by atoms with E-state index in [4.69, 9.17) is 9.47 Å². The average Bonchev–Trinajstić information content (AvgIpc) is 2.55. The fourth-order valence-electron chi connectivity index (χ4n) is 1.64. The molecule has 0 aliphatic heterocycles. The second-order valence-corrected chi connectivity index (χ2v) is 5.00. The van der Waals surface area contributed by atoms with E-state index >= 15 is 0 Å². The van der Waals surface area contributed by atoms with E-state index in [0.29, 0.717) is 31.3 Å². The molecule has 8 nitrogen and oxygen atoms in total. The maximum absolute atomic E-state index is 5.47. The third kappa shape index (κ3) is 9.14. The smallest absolute Gasteiger partial charge is 0.231 e. The molecule has 0 bridgehead atoms. The van der Waals surface area contributed by atoms with Crippen LogP contribution in [0.1, 0.15) is 46.5 Å². The number of hydrogen-bond donors (Lipinski definition) is 3. The van der Waals surface area contributed by atoms with Gasteiger partial charge in [-0.3, -0.25) is 0 Å². The van der Waals surface area contributed by atoms with Gasteiger partial charge in [0.25, 0.3) is 0 Å². The summed E-state index contributed by atoms with van der Waals surface area (Å²) in [6.45, 7) is 9.20.